The van der Waals surface area contributed by atoms with E-state index in [0.717, 1.165) is 10.5 Å². The summed E-state index contributed by atoms with van der Waals surface area (Å²) in [6, 6.07) is 7.61. The van der Waals surface area contributed by atoms with Gasteiger partial charge in [-0.1, -0.05) is 6.07 Å². The fourth-order valence-electron chi connectivity index (χ4n) is 2.49. The number of amides is 3. The van der Waals surface area contributed by atoms with E-state index >= 15 is 0 Å². The summed E-state index contributed by atoms with van der Waals surface area (Å²) in [7, 11) is 0. The van der Waals surface area contributed by atoms with Crippen LogP contribution in [-0.2, 0) is 9.59 Å². The van der Waals surface area contributed by atoms with Gasteiger partial charge in [0.05, 0.1) is 9.83 Å². The largest absolute Gasteiger partial charge is 0.457 e. The maximum atomic E-state index is 12.2. The lowest BCUT2D eigenvalue weighted by atomic mass is 10.1. The average Bonchev–Trinajstić information content (AvgIpc) is 3.15. The summed E-state index contributed by atoms with van der Waals surface area (Å²) >= 11 is 0.675. The average molecular weight is 387 g/mol. The maximum Gasteiger partial charge on any atom is 0.294 e. The first-order valence-corrected chi connectivity index (χ1v) is 8.47. The molecule has 0 bridgehead atoms. The second-order valence-electron chi connectivity index (χ2n) is 5.69. The molecule has 3 rings (SSSR count). The molecule has 138 valence electrons. The van der Waals surface area contributed by atoms with E-state index in [2.05, 4.69) is 0 Å². The molecule has 0 spiro atoms. The molecule has 0 radical (unpaired) electrons. The summed E-state index contributed by atoms with van der Waals surface area (Å²) in [5.41, 5.74) is 6.29. The van der Waals surface area contributed by atoms with Crippen LogP contribution >= 0.6 is 11.8 Å². The summed E-state index contributed by atoms with van der Waals surface area (Å²) in [4.78, 5) is 46.3. The van der Waals surface area contributed by atoms with Crippen molar-refractivity contribution in [2.75, 3.05) is 6.54 Å². The fraction of sp³-hybridized carbons (Fsp3) is 0.118. The van der Waals surface area contributed by atoms with E-state index in [1.807, 2.05) is 0 Å². The number of aryl methyl sites for hydroxylation is 1. The predicted octanol–water partition coefficient (Wildman–Crippen LogP) is 2.68. The Morgan fingerprint density at radius 2 is 2.07 bits per heavy atom. The van der Waals surface area contributed by atoms with Crippen molar-refractivity contribution in [3.05, 3.63) is 56.7 Å². The summed E-state index contributed by atoms with van der Waals surface area (Å²) in [6.45, 7) is 1.30. The van der Waals surface area contributed by atoms with Crippen LogP contribution in [-0.4, -0.2) is 33.4 Å². The van der Waals surface area contributed by atoms with Gasteiger partial charge in [-0.05, 0) is 36.4 Å². The van der Waals surface area contributed by atoms with E-state index in [9.17, 15) is 24.5 Å². The Hall–Kier alpha value is -3.40. The highest BCUT2D eigenvalue weighted by molar-refractivity contribution is 8.18. The molecule has 9 nitrogen and oxygen atoms in total. The molecule has 27 heavy (non-hydrogen) atoms. The molecule has 2 aromatic rings. The molecule has 1 aliphatic rings. The van der Waals surface area contributed by atoms with E-state index in [0.29, 0.717) is 28.8 Å². The highest BCUT2D eigenvalue weighted by Gasteiger charge is 2.36. The quantitative estimate of drug-likeness (QED) is 0.473. The smallest absolute Gasteiger partial charge is 0.294 e. The Kier molecular flexibility index (Phi) is 4.82. The maximum absolute atomic E-state index is 12.2. The number of imide groups is 1. The lowest BCUT2D eigenvalue weighted by Gasteiger charge is -2.08. The van der Waals surface area contributed by atoms with Gasteiger partial charge >= 0.3 is 0 Å². The van der Waals surface area contributed by atoms with Crippen molar-refractivity contribution in [1.82, 2.24) is 4.90 Å². The van der Waals surface area contributed by atoms with Crippen molar-refractivity contribution in [2.24, 2.45) is 5.73 Å². The molecule has 0 aliphatic carbocycles. The molecule has 3 amide bonds. The van der Waals surface area contributed by atoms with Crippen LogP contribution in [0.2, 0.25) is 0 Å². The third-order valence-electron chi connectivity index (χ3n) is 3.79. The van der Waals surface area contributed by atoms with Crippen LogP contribution in [0.3, 0.4) is 0 Å². The number of nitro groups is 1. The topological polar surface area (TPSA) is 137 Å². The van der Waals surface area contributed by atoms with Crippen molar-refractivity contribution in [2.45, 2.75) is 6.92 Å². The predicted molar refractivity (Wildman–Crippen MR) is 97.4 cm³/mol. The molecular weight excluding hydrogens is 374 g/mol. The monoisotopic (exact) mass is 387 g/mol. The highest BCUT2D eigenvalue weighted by atomic mass is 32.2. The molecule has 1 aromatic carbocycles. The summed E-state index contributed by atoms with van der Waals surface area (Å²) in [6.07, 6.45) is 1.38. The van der Waals surface area contributed by atoms with Gasteiger partial charge in [0.25, 0.3) is 16.8 Å². The molecule has 1 aliphatic heterocycles. The zero-order valence-electron chi connectivity index (χ0n) is 14.0. The Morgan fingerprint density at radius 1 is 1.33 bits per heavy atom. The molecule has 0 saturated carbocycles. The van der Waals surface area contributed by atoms with Gasteiger partial charge < -0.3 is 10.2 Å². The number of rotatable bonds is 5. The fourth-order valence-corrected chi connectivity index (χ4v) is 3.30. The van der Waals surface area contributed by atoms with E-state index in [1.165, 1.54) is 18.2 Å². The Balaban J connectivity index is 1.89. The number of carbonyl (C=O) groups is 3. The van der Waals surface area contributed by atoms with Crippen molar-refractivity contribution in [3.8, 4) is 11.3 Å². The first-order chi connectivity index (χ1) is 12.8. The number of furan rings is 1. The van der Waals surface area contributed by atoms with Crippen LogP contribution in [0, 0.1) is 17.0 Å². The van der Waals surface area contributed by atoms with Crippen LogP contribution in [0.25, 0.3) is 17.4 Å². The first-order valence-electron chi connectivity index (χ1n) is 7.65. The number of thioether (sulfide) groups is 1. The van der Waals surface area contributed by atoms with E-state index in [4.69, 9.17) is 10.2 Å². The zero-order valence-corrected chi connectivity index (χ0v) is 14.8. The van der Waals surface area contributed by atoms with Crippen molar-refractivity contribution < 1.29 is 23.7 Å². The third kappa shape index (κ3) is 3.75. The van der Waals surface area contributed by atoms with Crippen LogP contribution in [0.15, 0.2) is 39.7 Å². The molecule has 10 heteroatoms. The minimum atomic E-state index is -0.792. The number of carbonyl (C=O) groups excluding carboxylic acids is 3. The summed E-state index contributed by atoms with van der Waals surface area (Å²) < 4.78 is 5.66. The van der Waals surface area contributed by atoms with E-state index in [1.54, 1.807) is 25.1 Å². The minimum Gasteiger partial charge on any atom is -0.457 e. The van der Waals surface area contributed by atoms with Gasteiger partial charge in [-0.3, -0.25) is 29.4 Å². The second-order valence-corrected chi connectivity index (χ2v) is 6.69. The number of primary amides is 1. The normalized spacial score (nSPS) is 15.6. The molecule has 1 saturated heterocycles. The van der Waals surface area contributed by atoms with Crippen LogP contribution in [0.5, 0.6) is 0 Å². The minimum absolute atomic E-state index is 0.0684. The number of non-ortho nitro benzene ring substituents is 1. The van der Waals surface area contributed by atoms with Gasteiger partial charge in [0.1, 0.15) is 18.1 Å². The van der Waals surface area contributed by atoms with E-state index in [-0.39, 0.29) is 10.6 Å². The second kappa shape index (κ2) is 7.08. The van der Waals surface area contributed by atoms with Gasteiger partial charge in [-0.2, -0.15) is 0 Å². The summed E-state index contributed by atoms with van der Waals surface area (Å²) in [5.74, 6) is -0.743. The van der Waals surface area contributed by atoms with Gasteiger partial charge in [0.2, 0.25) is 5.91 Å². The van der Waals surface area contributed by atoms with Gasteiger partial charge in [-0.25, -0.2) is 0 Å². The number of nitrogens with zero attached hydrogens (tertiary/aromatic N) is 2. The lowest BCUT2D eigenvalue weighted by molar-refractivity contribution is -0.384. The van der Waals surface area contributed by atoms with Crippen molar-refractivity contribution >= 4 is 40.6 Å². The molecule has 2 heterocycles. The SMILES string of the molecule is Cc1ccc([N+](=O)[O-])cc1-c1ccc(/C=C2\SC(=O)N(CC(N)=O)C2=O)o1. The van der Waals surface area contributed by atoms with Crippen LogP contribution in [0.4, 0.5) is 10.5 Å². The van der Waals surface area contributed by atoms with Gasteiger partial charge in [0.15, 0.2) is 0 Å². The van der Waals surface area contributed by atoms with Crippen LogP contribution in [0.1, 0.15) is 11.3 Å². The molecular formula is C17H13N3O6S. The molecule has 1 fully saturated rings. The number of nitrogens with two attached hydrogens (primary N) is 1. The number of benzene rings is 1. The van der Waals surface area contributed by atoms with Crippen LogP contribution < -0.4 is 5.73 Å². The molecule has 1 aromatic heterocycles. The van der Waals surface area contributed by atoms with Gasteiger partial charge in [-0.15, -0.1) is 0 Å². The molecule has 0 atom stereocenters. The standard InChI is InChI=1S/C17H13N3O6S/c1-9-2-3-10(20(24)25)6-12(9)13-5-4-11(26-13)7-14-16(22)19(8-15(18)21)17(23)27-14/h2-7H,8H2,1H3,(H2,18,21)/b14-7-. The number of hydrogen-bond acceptors (Lipinski definition) is 7. The zero-order chi connectivity index (χ0) is 19.7. The molecule has 0 unspecified atom stereocenters. The third-order valence-corrected chi connectivity index (χ3v) is 4.69. The Morgan fingerprint density at radius 3 is 2.74 bits per heavy atom. The Labute approximate surface area is 157 Å². The van der Waals surface area contributed by atoms with E-state index < -0.39 is 28.5 Å². The van der Waals surface area contributed by atoms with Crippen molar-refractivity contribution in [1.29, 1.82) is 0 Å². The summed E-state index contributed by atoms with van der Waals surface area (Å²) in [5, 5.41) is 10.4. The first kappa shape index (κ1) is 18.4. The number of nitro benzene ring substituents is 1. The number of hydrogen-bond donors (Lipinski definition) is 1. The van der Waals surface area contributed by atoms with Crippen molar-refractivity contribution in [3.63, 3.8) is 0 Å². The Bertz CT molecular complexity index is 1010. The highest BCUT2D eigenvalue weighted by Crippen LogP contribution is 2.34. The molecule has 2 N–H and O–H groups in total. The lowest BCUT2D eigenvalue weighted by Crippen LogP contribution is -2.36. The van der Waals surface area contributed by atoms with Gasteiger partial charge in [0, 0.05) is 23.8 Å².